The molecular formula is C17H24NO+. The number of piperidine rings is 3. The lowest BCUT2D eigenvalue weighted by molar-refractivity contribution is -0.919. The highest BCUT2D eigenvalue weighted by molar-refractivity contribution is 5.98. The lowest BCUT2D eigenvalue weighted by Crippen LogP contribution is -3.16. The normalized spacial score (nSPS) is 29.7. The Labute approximate surface area is 115 Å². The molecule has 2 heteroatoms. The van der Waals surface area contributed by atoms with Crippen molar-refractivity contribution in [3.8, 4) is 0 Å². The number of ketones is 1. The van der Waals surface area contributed by atoms with Gasteiger partial charge in [0.2, 0.25) is 0 Å². The van der Waals surface area contributed by atoms with Crippen molar-refractivity contribution in [2.75, 3.05) is 19.6 Å². The highest BCUT2D eigenvalue weighted by atomic mass is 16.1. The minimum absolute atomic E-state index is 0.280. The molecule has 0 aromatic heterocycles. The summed E-state index contributed by atoms with van der Waals surface area (Å²) in [5.74, 6) is 1.85. The molecule has 1 aromatic carbocycles. The number of quaternary nitrogens is 1. The summed E-state index contributed by atoms with van der Waals surface area (Å²) in [6.45, 7) is 8.00. The first-order valence-corrected chi connectivity index (χ1v) is 7.63. The zero-order chi connectivity index (χ0) is 13.4. The maximum Gasteiger partial charge on any atom is 0.171 e. The van der Waals surface area contributed by atoms with Crippen LogP contribution >= 0.6 is 0 Å². The molecule has 1 atom stereocenters. The van der Waals surface area contributed by atoms with E-state index in [0.717, 1.165) is 12.1 Å². The standard InChI is InChI=1S/C17H23NO/c1-12(2)13-3-5-15(6-4-13)17(19)16-11-18-9-7-14(16)8-10-18/h3-6,12,14,16H,7-11H2,1-2H3/p+1. The van der Waals surface area contributed by atoms with E-state index in [9.17, 15) is 4.79 Å². The average Bonchev–Trinajstić information content (AvgIpc) is 2.47. The van der Waals surface area contributed by atoms with Gasteiger partial charge in [-0.15, -0.1) is 0 Å². The molecule has 19 heavy (non-hydrogen) atoms. The third-order valence-corrected chi connectivity index (χ3v) is 5.01. The average molecular weight is 258 g/mol. The predicted octanol–water partition coefficient (Wildman–Crippen LogP) is 1.92. The molecule has 3 aliphatic heterocycles. The number of rotatable bonds is 3. The third kappa shape index (κ3) is 2.46. The minimum Gasteiger partial charge on any atom is -0.334 e. The number of hydrogen-bond acceptors (Lipinski definition) is 1. The lowest BCUT2D eigenvalue weighted by Gasteiger charge is -2.41. The Morgan fingerprint density at radius 1 is 1.16 bits per heavy atom. The number of nitrogens with one attached hydrogen (secondary N) is 1. The van der Waals surface area contributed by atoms with Gasteiger partial charge in [-0.3, -0.25) is 4.79 Å². The summed E-state index contributed by atoms with van der Waals surface area (Å²) in [6.07, 6.45) is 2.49. The first-order chi connectivity index (χ1) is 9.15. The van der Waals surface area contributed by atoms with Gasteiger partial charge in [-0.2, -0.15) is 0 Å². The van der Waals surface area contributed by atoms with Gasteiger partial charge in [0.25, 0.3) is 0 Å². The molecule has 3 aliphatic rings. The Kier molecular flexibility index (Phi) is 3.44. The van der Waals surface area contributed by atoms with Crippen LogP contribution in [0.1, 0.15) is 48.5 Å². The Balaban J connectivity index is 1.76. The summed E-state index contributed by atoms with van der Waals surface area (Å²) in [6, 6.07) is 8.30. The van der Waals surface area contributed by atoms with Gasteiger partial charge in [-0.1, -0.05) is 38.1 Å². The molecule has 3 fully saturated rings. The van der Waals surface area contributed by atoms with Crippen LogP contribution in [0.3, 0.4) is 0 Å². The van der Waals surface area contributed by atoms with Gasteiger partial charge in [0.1, 0.15) is 0 Å². The quantitative estimate of drug-likeness (QED) is 0.822. The fraction of sp³-hybridized carbons (Fsp3) is 0.588. The van der Waals surface area contributed by atoms with Gasteiger partial charge in [-0.25, -0.2) is 0 Å². The Morgan fingerprint density at radius 2 is 1.79 bits per heavy atom. The summed E-state index contributed by atoms with van der Waals surface area (Å²) < 4.78 is 0. The number of hydrogen-bond donors (Lipinski definition) is 1. The topological polar surface area (TPSA) is 21.5 Å². The molecule has 1 N–H and O–H groups in total. The summed E-state index contributed by atoms with van der Waals surface area (Å²) in [5.41, 5.74) is 2.23. The summed E-state index contributed by atoms with van der Waals surface area (Å²) in [5, 5.41) is 0. The fourth-order valence-electron chi connectivity index (χ4n) is 3.69. The maximum atomic E-state index is 12.7. The van der Waals surface area contributed by atoms with Crippen LogP contribution in [0.15, 0.2) is 24.3 Å². The van der Waals surface area contributed by atoms with Gasteiger partial charge >= 0.3 is 0 Å². The van der Waals surface area contributed by atoms with Crippen LogP contribution in [0.2, 0.25) is 0 Å². The van der Waals surface area contributed by atoms with E-state index in [1.807, 2.05) is 12.1 Å². The van der Waals surface area contributed by atoms with E-state index in [0.29, 0.717) is 17.6 Å². The van der Waals surface area contributed by atoms with Crippen molar-refractivity contribution in [3.63, 3.8) is 0 Å². The number of Topliss-reactive ketones (excluding diaryl/α,β-unsaturated/α-hetero) is 1. The van der Waals surface area contributed by atoms with Crippen LogP contribution in [0.4, 0.5) is 0 Å². The fourth-order valence-corrected chi connectivity index (χ4v) is 3.69. The molecule has 102 valence electrons. The lowest BCUT2D eigenvalue weighted by atomic mass is 9.75. The Morgan fingerprint density at radius 3 is 2.26 bits per heavy atom. The van der Waals surface area contributed by atoms with Crippen LogP contribution in [0, 0.1) is 11.8 Å². The third-order valence-electron chi connectivity index (χ3n) is 5.01. The maximum absolute atomic E-state index is 12.7. The van der Waals surface area contributed by atoms with Crippen LogP contribution in [-0.4, -0.2) is 25.4 Å². The van der Waals surface area contributed by atoms with Gasteiger partial charge < -0.3 is 4.90 Å². The van der Waals surface area contributed by atoms with Crippen molar-refractivity contribution in [1.82, 2.24) is 0 Å². The van der Waals surface area contributed by atoms with Crippen molar-refractivity contribution in [1.29, 1.82) is 0 Å². The molecule has 0 aliphatic carbocycles. The number of carbonyl (C=O) groups is 1. The second kappa shape index (κ2) is 5.09. The molecule has 1 unspecified atom stereocenters. The highest BCUT2D eigenvalue weighted by Gasteiger charge is 2.41. The van der Waals surface area contributed by atoms with Crippen molar-refractivity contribution >= 4 is 5.78 Å². The van der Waals surface area contributed by atoms with Crippen LogP contribution < -0.4 is 4.90 Å². The zero-order valence-corrected chi connectivity index (χ0v) is 12.0. The van der Waals surface area contributed by atoms with Crippen molar-refractivity contribution in [2.24, 2.45) is 11.8 Å². The second-order valence-electron chi connectivity index (χ2n) is 6.54. The molecule has 0 amide bonds. The van der Waals surface area contributed by atoms with Gasteiger partial charge in [0, 0.05) is 18.4 Å². The first kappa shape index (κ1) is 12.9. The second-order valence-corrected chi connectivity index (χ2v) is 6.54. The molecule has 3 saturated heterocycles. The molecule has 4 rings (SSSR count). The molecule has 0 radical (unpaired) electrons. The number of benzene rings is 1. The van der Waals surface area contributed by atoms with E-state index < -0.39 is 0 Å². The number of carbonyl (C=O) groups excluding carboxylic acids is 1. The first-order valence-electron chi connectivity index (χ1n) is 7.63. The zero-order valence-electron chi connectivity index (χ0n) is 12.0. The molecule has 3 heterocycles. The summed E-state index contributed by atoms with van der Waals surface area (Å²) >= 11 is 0. The smallest absolute Gasteiger partial charge is 0.171 e. The molecular weight excluding hydrogens is 234 g/mol. The summed E-state index contributed by atoms with van der Waals surface area (Å²) in [7, 11) is 0. The van der Waals surface area contributed by atoms with Crippen molar-refractivity contribution < 1.29 is 9.69 Å². The number of fused-ring (bicyclic) bond motifs is 3. The van der Waals surface area contributed by atoms with Crippen LogP contribution in [0.5, 0.6) is 0 Å². The monoisotopic (exact) mass is 258 g/mol. The highest BCUT2D eigenvalue weighted by Crippen LogP contribution is 2.27. The van der Waals surface area contributed by atoms with Crippen molar-refractivity contribution in [2.45, 2.75) is 32.6 Å². The largest absolute Gasteiger partial charge is 0.334 e. The van der Waals surface area contributed by atoms with Gasteiger partial charge in [0.05, 0.1) is 25.6 Å². The molecule has 1 aromatic rings. The van der Waals surface area contributed by atoms with E-state index in [2.05, 4.69) is 26.0 Å². The molecule has 0 saturated carbocycles. The van der Waals surface area contributed by atoms with Gasteiger partial charge in [0.15, 0.2) is 5.78 Å². The van der Waals surface area contributed by atoms with E-state index in [1.54, 1.807) is 4.90 Å². The van der Waals surface area contributed by atoms with E-state index in [4.69, 9.17) is 0 Å². The SMILES string of the molecule is CC(C)c1ccc(C(=O)C2C[NH+]3CCC2CC3)cc1. The molecule has 2 bridgehead atoms. The van der Waals surface area contributed by atoms with E-state index in [-0.39, 0.29) is 5.92 Å². The molecule has 0 spiro atoms. The van der Waals surface area contributed by atoms with Crippen LogP contribution in [0.25, 0.3) is 0 Å². The predicted molar refractivity (Wildman–Crippen MR) is 76.6 cm³/mol. The van der Waals surface area contributed by atoms with Crippen LogP contribution in [-0.2, 0) is 0 Å². The minimum atomic E-state index is 0.280. The van der Waals surface area contributed by atoms with E-state index >= 15 is 0 Å². The van der Waals surface area contributed by atoms with Gasteiger partial charge in [-0.05, 0) is 17.4 Å². The van der Waals surface area contributed by atoms with Crippen molar-refractivity contribution in [3.05, 3.63) is 35.4 Å². The Hall–Kier alpha value is -1.15. The Bertz CT molecular complexity index is 455. The molecule has 2 nitrogen and oxygen atoms in total. The van der Waals surface area contributed by atoms with E-state index in [1.165, 1.54) is 31.5 Å². The summed E-state index contributed by atoms with van der Waals surface area (Å²) in [4.78, 5) is 14.3.